The van der Waals surface area contributed by atoms with E-state index >= 15 is 0 Å². The molecule has 0 amide bonds. The summed E-state index contributed by atoms with van der Waals surface area (Å²) in [5.41, 5.74) is 0. The van der Waals surface area contributed by atoms with Gasteiger partial charge in [-0.3, -0.25) is 0 Å². The molecule has 0 saturated heterocycles. The predicted molar refractivity (Wildman–Crippen MR) is 47.4 cm³/mol. The molecule has 0 aliphatic rings. The highest BCUT2D eigenvalue weighted by molar-refractivity contribution is 6.77. The van der Waals surface area contributed by atoms with Gasteiger partial charge in [-0.1, -0.05) is 10.6 Å². The van der Waals surface area contributed by atoms with E-state index in [0.29, 0.717) is 0 Å². The van der Waals surface area contributed by atoms with Crippen LogP contribution in [0.15, 0.2) is 0 Å². The molecule has 0 aromatic heterocycles. The van der Waals surface area contributed by atoms with E-state index in [2.05, 4.69) is 10.6 Å². The van der Waals surface area contributed by atoms with Crippen molar-refractivity contribution in [3.05, 3.63) is 0 Å². The molecular formula is C2H10OSi4. The smallest absolute Gasteiger partial charge is 0.195 e. The van der Waals surface area contributed by atoms with Crippen LogP contribution < -0.4 is 0 Å². The Morgan fingerprint density at radius 2 is 1.57 bits per heavy atom. The summed E-state index contributed by atoms with van der Waals surface area (Å²) in [5.74, 6) is 0. The summed E-state index contributed by atoms with van der Waals surface area (Å²) in [6.07, 6.45) is 0. The molecule has 0 spiro atoms. The van der Waals surface area contributed by atoms with Crippen LogP contribution in [-0.2, 0) is 4.12 Å². The van der Waals surface area contributed by atoms with E-state index in [-0.39, 0.29) is 18.8 Å². The van der Waals surface area contributed by atoms with E-state index in [1.165, 1.54) is 20.5 Å². The van der Waals surface area contributed by atoms with Crippen molar-refractivity contribution in [1.29, 1.82) is 0 Å². The Kier molecular flexibility index (Phi) is 6.78. The molecule has 0 aliphatic carbocycles. The van der Waals surface area contributed by atoms with E-state index in [1.807, 2.05) is 0 Å². The van der Waals surface area contributed by atoms with Crippen LogP contribution in [0.1, 0.15) is 0 Å². The fraction of sp³-hybridized carbons (Fsp3) is 0. The Morgan fingerprint density at radius 3 is 1.86 bits per heavy atom. The lowest BCUT2D eigenvalue weighted by Gasteiger charge is -1.83. The van der Waals surface area contributed by atoms with Gasteiger partial charge >= 0.3 is 0 Å². The molecule has 0 N–H and O–H groups in total. The van der Waals surface area contributed by atoms with Gasteiger partial charge in [0.15, 0.2) is 18.8 Å². The third kappa shape index (κ3) is 6.41. The zero-order valence-corrected chi connectivity index (χ0v) is 11.0. The van der Waals surface area contributed by atoms with Gasteiger partial charge in [-0.05, 0) is 0 Å². The summed E-state index contributed by atoms with van der Waals surface area (Å²) in [4.78, 5) is 0. The van der Waals surface area contributed by atoms with Crippen molar-refractivity contribution < 1.29 is 4.12 Å². The largest absolute Gasteiger partial charge is 0.583 e. The van der Waals surface area contributed by atoms with Gasteiger partial charge in [0.25, 0.3) is 0 Å². The zero-order chi connectivity index (χ0) is 5.54. The maximum Gasteiger partial charge on any atom is 0.195 e. The molecule has 1 nitrogen and oxygen atoms in total. The number of hydrogen-bond donors (Lipinski definition) is 0. The van der Waals surface area contributed by atoms with Gasteiger partial charge in [0, 0.05) is 20.5 Å². The van der Waals surface area contributed by atoms with E-state index in [1.54, 1.807) is 0 Å². The highest BCUT2D eigenvalue weighted by atomic mass is 28.3. The Labute approximate surface area is 54.4 Å². The van der Waals surface area contributed by atoms with Crippen molar-refractivity contribution in [2.75, 3.05) is 0 Å². The first-order valence-electron chi connectivity index (χ1n) is 2.29. The first-order valence-corrected chi connectivity index (χ1v) is 6.88. The third-order valence-electron chi connectivity index (χ3n) is 0.429. The molecule has 7 heavy (non-hydrogen) atoms. The highest BCUT2D eigenvalue weighted by Crippen LogP contribution is 1.41. The Balaban J connectivity index is 2.98. The van der Waals surface area contributed by atoms with Crippen molar-refractivity contribution in [2.24, 2.45) is 0 Å². The molecule has 0 saturated carbocycles. The van der Waals surface area contributed by atoms with E-state index < -0.39 is 0 Å². The van der Waals surface area contributed by atoms with Crippen molar-refractivity contribution in [3.63, 3.8) is 0 Å². The van der Waals surface area contributed by atoms with Gasteiger partial charge < -0.3 is 4.12 Å². The van der Waals surface area contributed by atoms with Crippen LogP contribution >= 0.6 is 0 Å². The summed E-state index contributed by atoms with van der Waals surface area (Å²) in [5, 5.41) is 4.50. The SMILES string of the molecule is [SiH3]C=[SiH]O[SiH]=C[SiH3]. The third-order valence-corrected chi connectivity index (χ3v) is 3.86. The highest BCUT2D eigenvalue weighted by Gasteiger charge is 1.60. The molecule has 0 rings (SSSR count). The summed E-state index contributed by atoms with van der Waals surface area (Å²) >= 11 is 0. The number of hydrogen-bond acceptors (Lipinski definition) is 1. The Hall–Kier alpha value is 0.408. The lowest BCUT2D eigenvalue weighted by molar-refractivity contribution is 0.681. The molecule has 0 heterocycles. The minimum atomic E-state index is 0.281. The molecule has 0 aromatic rings. The van der Waals surface area contributed by atoms with Crippen molar-refractivity contribution >= 4 is 49.8 Å². The normalized spacial score (nSPS) is 12.0. The van der Waals surface area contributed by atoms with E-state index in [0.717, 1.165) is 0 Å². The molecule has 0 unspecified atom stereocenters. The molecular weight excluding hydrogens is 152 g/mol. The second kappa shape index (κ2) is 6.41. The standard InChI is InChI=1S/C2H10OSi4/c4-1-6-3-7-2-5/h1-2,6-7H,4-5H3. The van der Waals surface area contributed by atoms with Crippen molar-refractivity contribution in [1.82, 2.24) is 0 Å². The average molecular weight is 162 g/mol. The summed E-state index contributed by atoms with van der Waals surface area (Å²) in [6, 6.07) is 0. The minimum Gasteiger partial charge on any atom is -0.583 e. The summed E-state index contributed by atoms with van der Waals surface area (Å²) < 4.78 is 5.26. The van der Waals surface area contributed by atoms with Crippen LogP contribution in [0, 0.1) is 0 Å². The molecule has 0 aliphatic heterocycles. The lowest BCUT2D eigenvalue weighted by Crippen LogP contribution is -1.94. The fourth-order valence-electron chi connectivity index (χ4n) is 0.202. The van der Waals surface area contributed by atoms with Gasteiger partial charge in [-0.2, -0.15) is 0 Å². The van der Waals surface area contributed by atoms with Gasteiger partial charge in [-0.15, -0.1) is 0 Å². The first-order chi connectivity index (χ1) is 3.41. The number of rotatable bonds is 2. The molecule has 0 bridgehead atoms. The second-order valence-electron chi connectivity index (χ2n) is 1.07. The van der Waals surface area contributed by atoms with Gasteiger partial charge in [-0.25, -0.2) is 0 Å². The Morgan fingerprint density at radius 1 is 1.14 bits per heavy atom. The molecule has 40 valence electrons. The van der Waals surface area contributed by atoms with E-state index in [4.69, 9.17) is 4.12 Å². The molecule has 0 radical (unpaired) electrons. The van der Waals surface area contributed by atoms with Crippen LogP contribution in [0.3, 0.4) is 0 Å². The van der Waals surface area contributed by atoms with Crippen molar-refractivity contribution in [3.8, 4) is 0 Å². The van der Waals surface area contributed by atoms with Crippen LogP contribution in [-0.4, -0.2) is 49.8 Å². The quantitative estimate of drug-likeness (QED) is 0.376. The topological polar surface area (TPSA) is 9.23 Å². The van der Waals surface area contributed by atoms with Gasteiger partial charge in [0.2, 0.25) is 0 Å². The van der Waals surface area contributed by atoms with Gasteiger partial charge in [0.05, 0.1) is 0 Å². The average Bonchev–Trinajstić information content (AvgIpc) is 1.69. The molecule has 0 fully saturated rings. The molecule has 0 atom stereocenters. The Bertz CT molecular complexity index is 67.8. The van der Waals surface area contributed by atoms with Crippen molar-refractivity contribution in [2.45, 2.75) is 0 Å². The maximum absolute atomic E-state index is 5.26. The lowest BCUT2D eigenvalue weighted by atomic mass is 11.9. The van der Waals surface area contributed by atoms with Crippen LogP contribution in [0.2, 0.25) is 0 Å². The summed E-state index contributed by atoms with van der Waals surface area (Å²) in [6.45, 7) is 0. The minimum absolute atomic E-state index is 0.281. The van der Waals surface area contributed by atoms with E-state index in [9.17, 15) is 0 Å². The maximum atomic E-state index is 5.26. The summed E-state index contributed by atoms with van der Waals surface area (Å²) in [7, 11) is 2.97. The zero-order valence-electron chi connectivity index (χ0n) is 4.72. The predicted octanol–water partition coefficient (Wildman–Crippen LogP) is -4.04. The molecule has 0 aromatic carbocycles. The van der Waals surface area contributed by atoms with Gasteiger partial charge in [0.1, 0.15) is 0 Å². The molecule has 5 heteroatoms. The first kappa shape index (κ1) is 7.41. The second-order valence-corrected chi connectivity index (χ2v) is 8.04. The monoisotopic (exact) mass is 162 g/mol. The van der Waals surface area contributed by atoms with Crippen LogP contribution in [0.4, 0.5) is 0 Å². The fourth-order valence-corrected chi connectivity index (χ4v) is 4.65. The van der Waals surface area contributed by atoms with Crippen LogP contribution in [0.5, 0.6) is 0 Å². The van der Waals surface area contributed by atoms with Crippen LogP contribution in [0.25, 0.3) is 0 Å².